The number of carboxylic acids is 1. The quantitative estimate of drug-likeness (QED) is 0.702. The van der Waals surface area contributed by atoms with Crippen molar-refractivity contribution in [2.24, 2.45) is 0 Å². The fourth-order valence-corrected chi connectivity index (χ4v) is 1.14. The number of aliphatic hydroxyl groups is 1. The largest absolute Gasteiger partial charge is 0.505 e. The lowest BCUT2D eigenvalue weighted by atomic mass is 10.1. The first-order chi connectivity index (χ1) is 6.43. The summed E-state index contributed by atoms with van der Waals surface area (Å²) < 4.78 is 12.8. The van der Waals surface area contributed by atoms with Crippen LogP contribution in [-0.2, 0) is 4.79 Å². The second-order valence-electron chi connectivity index (χ2n) is 2.57. The van der Waals surface area contributed by atoms with Crippen LogP contribution in [0.2, 0.25) is 5.02 Å². The average Bonchev–Trinajstić information content (AvgIpc) is 2.09. The molecule has 1 aromatic carbocycles. The Morgan fingerprint density at radius 1 is 1.50 bits per heavy atom. The highest BCUT2D eigenvalue weighted by Crippen LogP contribution is 2.30. The summed E-state index contributed by atoms with van der Waals surface area (Å²) in [5.41, 5.74) is -0.470. The third kappa shape index (κ3) is 1.94. The minimum Gasteiger partial charge on any atom is -0.505 e. The number of phenols is 1. The molecule has 14 heavy (non-hydrogen) atoms. The van der Waals surface area contributed by atoms with E-state index in [2.05, 4.69) is 0 Å². The Balaban J connectivity index is 3.26. The van der Waals surface area contributed by atoms with Gasteiger partial charge in [-0.15, -0.1) is 0 Å². The van der Waals surface area contributed by atoms with Gasteiger partial charge in [0.05, 0.1) is 0 Å². The summed E-state index contributed by atoms with van der Waals surface area (Å²) in [5.74, 6) is -3.58. The van der Waals surface area contributed by atoms with Crippen LogP contribution < -0.4 is 0 Å². The zero-order valence-corrected chi connectivity index (χ0v) is 7.49. The SMILES string of the molecule is O=C(O)C(O)c1cc(Cl)cc(F)c1O. The van der Waals surface area contributed by atoms with E-state index in [1.54, 1.807) is 0 Å². The number of hydrogen-bond donors (Lipinski definition) is 3. The summed E-state index contributed by atoms with van der Waals surface area (Å²) in [6.07, 6.45) is -2.00. The number of aromatic hydroxyl groups is 1. The molecule has 0 heterocycles. The van der Waals surface area contributed by atoms with E-state index in [1.165, 1.54) is 0 Å². The third-order valence-electron chi connectivity index (χ3n) is 1.59. The van der Waals surface area contributed by atoms with Crippen molar-refractivity contribution in [1.29, 1.82) is 0 Å². The van der Waals surface area contributed by atoms with Gasteiger partial charge in [0.15, 0.2) is 17.7 Å². The van der Waals surface area contributed by atoms with Crippen LogP contribution in [0.1, 0.15) is 11.7 Å². The molecule has 0 spiro atoms. The fraction of sp³-hybridized carbons (Fsp3) is 0.125. The molecular weight excluding hydrogens is 215 g/mol. The van der Waals surface area contributed by atoms with Gasteiger partial charge in [0.25, 0.3) is 0 Å². The smallest absolute Gasteiger partial charge is 0.337 e. The molecule has 0 saturated heterocycles. The first-order valence-corrected chi connectivity index (χ1v) is 3.90. The van der Waals surface area contributed by atoms with Crippen LogP contribution in [0.4, 0.5) is 4.39 Å². The Bertz CT molecular complexity index is 380. The Kier molecular flexibility index (Phi) is 2.93. The highest BCUT2D eigenvalue weighted by molar-refractivity contribution is 6.30. The van der Waals surface area contributed by atoms with Crippen molar-refractivity contribution in [3.63, 3.8) is 0 Å². The van der Waals surface area contributed by atoms with E-state index in [0.717, 1.165) is 12.1 Å². The average molecular weight is 221 g/mol. The van der Waals surface area contributed by atoms with Gasteiger partial charge >= 0.3 is 5.97 Å². The van der Waals surface area contributed by atoms with Gasteiger partial charge in [0, 0.05) is 10.6 Å². The van der Waals surface area contributed by atoms with E-state index in [4.69, 9.17) is 26.9 Å². The molecule has 0 radical (unpaired) electrons. The molecule has 0 aliphatic rings. The standard InChI is InChI=1S/C8H6ClFO4/c9-3-1-4(7(12)8(13)14)6(11)5(10)2-3/h1-2,7,11-12H,(H,13,14). The topological polar surface area (TPSA) is 77.8 Å². The van der Waals surface area contributed by atoms with Crippen molar-refractivity contribution in [2.45, 2.75) is 6.10 Å². The second kappa shape index (κ2) is 3.81. The number of rotatable bonds is 2. The van der Waals surface area contributed by atoms with Crippen LogP contribution in [0.25, 0.3) is 0 Å². The molecule has 0 aliphatic heterocycles. The molecule has 76 valence electrons. The van der Waals surface area contributed by atoms with Gasteiger partial charge in [-0.3, -0.25) is 0 Å². The molecule has 0 aromatic heterocycles. The zero-order valence-electron chi connectivity index (χ0n) is 6.74. The molecule has 6 heteroatoms. The molecule has 0 aliphatic carbocycles. The van der Waals surface area contributed by atoms with Crippen molar-refractivity contribution in [1.82, 2.24) is 0 Å². The molecule has 0 saturated carbocycles. The lowest BCUT2D eigenvalue weighted by molar-refractivity contribution is -0.147. The Morgan fingerprint density at radius 3 is 2.57 bits per heavy atom. The van der Waals surface area contributed by atoms with Crippen LogP contribution in [0.3, 0.4) is 0 Å². The first-order valence-electron chi connectivity index (χ1n) is 3.52. The van der Waals surface area contributed by atoms with E-state index in [0.29, 0.717) is 0 Å². The molecule has 4 nitrogen and oxygen atoms in total. The molecular formula is C8H6ClFO4. The number of carboxylic acid groups (broad SMARTS) is 1. The monoisotopic (exact) mass is 220 g/mol. The van der Waals surface area contributed by atoms with Crippen molar-refractivity contribution in [2.75, 3.05) is 0 Å². The molecule has 0 fully saturated rings. The van der Waals surface area contributed by atoms with Crippen molar-refractivity contribution in [3.05, 3.63) is 28.5 Å². The summed E-state index contributed by atoms with van der Waals surface area (Å²) in [4.78, 5) is 10.3. The number of hydrogen-bond acceptors (Lipinski definition) is 3. The van der Waals surface area contributed by atoms with Gasteiger partial charge in [-0.1, -0.05) is 11.6 Å². The first kappa shape index (κ1) is 10.7. The van der Waals surface area contributed by atoms with Gasteiger partial charge in [-0.25, -0.2) is 9.18 Å². The number of phenolic OH excluding ortho intramolecular Hbond substituents is 1. The second-order valence-corrected chi connectivity index (χ2v) is 3.00. The van der Waals surface area contributed by atoms with E-state index in [9.17, 15) is 9.18 Å². The molecule has 1 atom stereocenters. The predicted molar refractivity (Wildman–Crippen MR) is 45.7 cm³/mol. The van der Waals surface area contributed by atoms with E-state index in [-0.39, 0.29) is 5.02 Å². The number of aliphatic carboxylic acids is 1. The summed E-state index contributed by atoms with van der Waals surface area (Å²) >= 11 is 5.42. The molecule has 1 rings (SSSR count). The summed E-state index contributed by atoms with van der Waals surface area (Å²) in [7, 11) is 0. The minimum absolute atomic E-state index is 0.101. The summed E-state index contributed by atoms with van der Waals surface area (Å²) in [6, 6.07) is 1.80. The van der Waals surface area contributed by atoms with Crippen LogP contribution >= 0.6 is 11.6 Å². The highest BCUT2D eigenvalue weighted by Gasteiger charge is 2.22. The predicted octanol–water partition coefficient (Wildman–Crippen LogP) is 1.30. The van der Waals surface area contributed by atoms with E-state index >= 15 is 0 Å². The van der Waals surface area contributed by atoms with Crippen LogP contribution in [0.15, 0.2) is 12.1 Å². The molecule has 3 N–H and O–H groups in total. The molecule has 0 amide bonds. The van der Waals surface area contributed by atoms with Crippen LogP contribution in [0.5, 0.6) is 5.75 Å². The van der Waals surface area contributed by atoms with Crippen molar-refractivity contribution < 1.29 is 24.5 Å². The summed E-state index contributed by atoms with van der Waals surface area (Å²) in [5, 5.41) is 26.4. The van der Waals surface area contributed by atoms with E-state index < -0.39 is 29.2 Å². The van der Waals surface area contributed by atoms with Gasteiger partial charge in [0.2, 0.25) is 0 Å². The third-order valence-corrected chi connectivity index (χ3v) is 1.80. The highest BCUT2D eigenvalue weighted by atomic mass is 35.5. The lowest BCUT2D eigenvalue weighted by Crippen LogP contribution is -2.11. The van der Waals surface area contributed by atoms with Gasteiger partial charge < -0.3 is 15.3 Å². The maximum atomic E-state index is 12.8. The van der Waals surface area contributed by atoms with Crippen LogP contribution in [-0.4, -0.2) is 21.3 Å². The lowest BCUT2D eigenvalue weighted by Gasteiger charge is -2.08. The van der Waals surface area contributed by atoms with Crippen LogP contribution in [0, 0.1) is 5.82 Å². The Labute approximate surface area is 83.2 Å². The number of benzene rings is 1. The van der Waals surface area contributed by atoms with Gasteiger partial charge in [-0.05, 0) is 12.1 Å². The molecule has 0 bridgehead atoms. The Morgan fingerprint density at radius 2 is 2.07 bits per heavy atom. The van der Waals surface area contributed by atoms with Crippen molar-refractivity contribution >= 4 is 17.6 Å². The van der Waals surface area contributed by atoms with Gasteiger partial charge in [-0.2, -0.15) is 0 Å². The van der Waals surface area contributed by atoms with Gasteiger partial charge in [0.1, 0.15) is 0 Å². The van der Waals surface area contributed by atoms with E-state index in [1.807, 2.05) is 0 Å². The number of aliphatic hydroxyl groups excluding tert-OH is 1. The maximum Gasteiger partial charge on any atom is 0.337 e. The Hall–Kier alpha value is -1.33. The zero-order chi connectivity index (χ0) is 10.9. The number of halogens is 2. The normalized spacial score (nSPS) is 12.5. The fourth-order valence-electron chi connectivity index (χ4n) is 0.927. The number of carbonyl (C=O) groups is 1. The molecule has 1 unspecified atom stereocenters. The minimum atomic E-state index is -2.00. The molecule has 1 aromatic rings. The maximum absolute atomic E-state index is 12.8. The summed E-state index contributed by atoms with van der Waals surface area (Å²) in [6.45, 7) is 0. The van der Waals surface area contributed by atoms with Crippen molar-refractivity contribution in [3.8, 4) is 5.75 Å².